The third-order valence-electron chi connectivity index (χ3n) is 3.84. The molecule has 0 saturated carbocycles. The van der Waals surface area contributed by atoms with Crippen molar-refractivity contribution in [1.29, 1.82) is 0 Å². The molecular weight excluding hydrogens is 363 g/mol. The molecule has 128 valence electrons. The highest BCUT2D eigenvalue weighted by Gasteiger charge is 2.38. The molecule has 1 heterocycles. The van der Waals surface area contributed by atoms with Gasteiger partial charge in [0.25, 0.3) is 5.91 Å². The van der Waals surface area contributed by atoms with E-state index in [9.17, 15) is 9.59 Å². The fourth-order valence-electron chi connectivity index (χ4n) is 2.58. The van der Waals surface area contributed by atoms with Crippen LogP contribution in [0.25, 0.3) is 0 Å². The zero-order chi connectivity index (χ0) is 18.0. The molecular formula is C18H14Cl2N2O3. The topological polar surface area (TPSA) is 59.0 Å². The highest BCUT2D eigenvalue weighted by Crippen LogP contribution is 2.28. The van der Waals surface area contributed by atoms with Crippen LogP contribution in [0.2, 0.25) is 10.0 Å². The fourth-order valence-corrected chi connectivity index (χ4v) is 2.89. The number of ether oxygens (including phenoxy) is 1. The Morgan fingerprint density at radius 2 is 1.88 bits per heavy atom. The van der Waals surface area contributed by atoms with Gasteiger partial charge in [-0.2, -0.15) is 10.1 Å². The van der Waals surface area contributed by atoms with Crippen molar-refractivity contribution in [2.24, 2.45) is 11.0 Å². The quantitative estimate of drug-likeness (QED) is 0.602. The van der Waals surface area contributed by atoms with Crippen LogP contribution in [0.3, 0.4) is 0 Å². The van der Waals surface area contributed by atoms with Crippen molar-refractivity contribution in [3.8, 4) is 0 Å². The second-order valence-electron chi connectivity index (χ2n) is 5.46. The molecule has 7 heteroatoms. The number of methoxy groups -OCH3 is 1. The van der Waals surface area contributed by atoms with Gasteiger partial charge < -0.3 is 4.74 Å². The number of benzene rings is 2. The number of hydrogen-bond donors (Lipinski definition) is 0. The molecule has 0 saturated heterocycles. The van der Waals surface area contributed by atoms with Crippen LogP contribution in [0.4, 0.5) is 5.69 Å². The molecule has 0 aromatic heterocycles. The summed E-state index contributed by atoms with van der Waals surface area (Å²) >= 11 is 11.9. The smallest absolute Gasteiger partial charge is 0.318 e. The third kappa shape index (κ3) is 3.67. The lowest BCUT2D eigenvalue weighted by atomic mass is 9.95. The fraction of sp³-hybridized carbons (Fsp3) is 0.167. The number of rotatable bonds is 3. The number of hydrogen-bond acceptors (Lipinski definition) is 4. The van der Waals surface area contributed by atoms with Crippen molar-refractivity contribution in [2.45, 2.75) is 6.42 Å². The molecule has 0 radical (unpaired) electrons. The van der Waals surface area contributed by atoms with Gasteiger partial charge >= 0.3 is 5.97 Å². The number of carbonyl (C=O) groups is 2. The van der Waals surface area contributed by atoms with E-state index in [0.29, 0.717) is 21.4 Å². The van der Waals surface area contributed by atoms with Crippen molar-refractivity contribution in [1.82, 2.24) is 0 Å². The molecule has 1 amide bonds. The first kappa shape index (κ1) is 17.5. The molecule has 0 fully saturated rings. The average molecular weight is 377 g/mol. The van der Waals surface area contributed by atoms with Crippen LogP contribution < -0.4 is 5.01 Å². The zero-order valence-corrected chi connectivity index (χ0v) is 14.8. The van der Waals surface area contributed by atoms with Crippen molar-refractivity contribution in [3.63, 3.8) is 0 Å². The minimum atomic E-state index is -0.966. The SMILES string of the molecule is COC(=O)C1CC(c2ccc(Cl)cc2)=NN(c2cccc(Cl)c2)C1=O. The van der Waals surface area contributed by atoms with Crippen molar-refractivity contribution in [3.05, 3.63) is 64.1 Å². The predicted molar refractivity (Wildman–Crippen MR) is 97.1 cm³/mol. The molecule has 1 atom stereocenters. The Hall–Kier alpha value is -2.37. The Bertz CT molecular complexity index is 850. The Morgan fingerprint density at radius 1 is 1.16 bits per heavy atom. The molecule has 1 unspecified atom stereocenters. The van der Waals surface area contributed by atoms with E-state index in [1.54, 1.807) is 48.5 Å². The number of esters is 1. The minimum absolute atomic E-state index is 0.157. The van der Waals surface area contributed by atoms with Crippen LogP contribution in [0.1, 0.15) is 12.0 Å². The molecule has 25 heavy (non-hydrogen) atoms. The van der Waals surface area contributed by atoms with Gasteiger partial charge in [-0.05, 0) is 35.9 Å². The average Bonchev–Trinajstić information content (AvgIpc) is 2.62. The van der Waals surface area contributed by atoms with E-state index < -0.39 is 17.8 Å². The van der Waals surface area contributed by atoms with Crippen LogP contribution in [-0.2, 0) is 14.3 Å². The summed E-state index contributed by atoms with van der Waals surface area (Å²) in [5.41, 5.74) is 1.85. The van der Waals surface area contributed by atoms with Crippen LogP contribution in [0.15, 0.2) is 53.6 Å². The number of halogens is 2. The van der Waals surface area contributed by atoms with Gasteiger partial charge in [-0.3, -0.25) is 9.59 Å². The van der Waals surface area contributed by atoms with Crippen molar-refractivity contribution in [2.75, 3.05) is 12.1 Å². The summed E-state index contributed by atoms with van der Waals surface area (Å²) in [5.74, 6) is -2.02. The Kier molecular flexibility index (Phi) is 5.06. The number of anilines is 1. The maximum absolute atomic E-state index is 12.7. The molecule has 1 aliphatic heterocycles. The predicted octanol–water partition coefficient (Wildman–Crippen LogP) is 3.92. The van der Waals surface area contributed by atoms with Gasteiger partial charge in [0.15, 0.2) is 0 Å². The van der Waals surface area contributed by atoms with Gasteiger partial charge in [0, 0.05) is 16.5 Å². The molecule has 0 spiro atoms. The Morgan fingerprint density at radius 3 is 2.52 bits per heavy atom. The molecule has 5 nitrogen and oxygen atoms in total. The van der Waals surface area contributed by atoms with Gasteiger partial charge in [0.1, 0.15) is 5.92 Å². The van der Waals surface area contributed by atoms with Crippen LogP contribution in [0, 0.1) is 5.92 Å². The summed E-state index contributed by atoms with van der Waals surface area (Å²) in [5, 5.41) is 6.68. The summed E-state index contributed by atoms with van der Waals surface area (Å²) in [4.78, 5) is 24.8. The first-order valence-electron chi connectivity index (χ1n) is 7.50. The monoisotopic (exact) mass is 376 g/mol. The molecule has 1 aliphatic rings. The minimum Gasteiger partial charge on any atom is -0.468 e. The lowest BCUT2D eigenvalue weighted by molar-refractivity contribution is -0.149. The van der Waals surface area contributed by atoms with E-state index in [0.717, 1.165) is 5.56 Å². The molecule has 2 aromatic carbocycles. The van der Waals surface area contributed by atoms with Crippen molar-refractivity contribution < 1.29 is 14.3 Å². The summed E-state index contributed by atoms with van der Waals surface area (Å²) < 4.78 is 4.78. The van der Waals surface area contributed by atoms with Crippen molar-refractivity contribution >= 4 is 46.5 Å². The standard InChI is InChI=1S/C18H14Cl2N2O3/c1-25-18(24)15-10-16(11-5-7-12(19)8-6-11)21-22(17(15)23)14-4-2-3-13(20)9-14/h2-9,15H,10H2,1H3. The third-order valence-corrected chi connectivity index (χ3v) is 4.33. The first-order chi connectivity index (χ1) is 12.0. The molecule has 2 aromatic rings. The van der Waals surface area contributed by atoms with E-state index in [1.165, 1.54) is 12.1 Å². The lowest BCUT2D eigenvalue weighted by Crippen LogP contribution is -2.43. The van der Waals surface area contributed by atoms with E-state index in [2.05, 4.69) is 5.10 Å². The van der Waals surface area contributed by atoms with Gasteiger partial charge in [0.05, 0.1) is 18.5 Å². The van der Waals surface area contributed by atoms with E-state index >= 15 is 0 Å². The highest BCUT2D eigenvalue weighted by atomic mass is 35.5. The van der Waals surface area contributed by atoms with E-state index in [1.807, 2.05) is 0 Å². The summed E-state index contributed by atoms with van der Waals surface area (Å²) in [6.45, 7) is 0. The Balaban J connectivity index is 2.07. The lowest BCUT2D eigenvalue weighted by Gasteiger charge is -2.28. The van der Waals surface area contributed by atoms with Gasteiger partial charge in [0.2, 0.25) is 0 Å². The number of hydrazone groups is 1. The van der Waals surface area contributed by atoms with E-state index in [4.69, 9.17) is 27.9 Å². The summed E-state index contributed by atoms with van der Waals surface area (Å²) in [6, 6.07) is 13.8. The van der Waals surface area contributed by atoms with Crippen LogP contribution in [-0.4, -0.2) is 24.7 Å². The maximum atomic E-state index is 12.7. The molecule has 3 rings (SSSR count). The van der Waals surface area contributed by atoms with E-state index in [-0.39, 0.29) is 6.42 Å². The first-order valence-corrected chi connectivity index (χ1v) is 8.26. The summed E-state index contributed by atoms with van der Waals surface area (Å²) in [6.07, 6.45) is 0.157. The van der Waals surface area contributed by atoms with Crippen LogP contribution >= 0.6 is 23.2 Å². The van der Waals surface area contributed by atoms with Crippen LogP contribution in [0.5, 0.6) is 0 Å². The number of amides is 1. The summed E-state index contributed by atoms with van der Waals surface area (Å²) in [7, 11) is 1.26. The molecule has 0 N–H and O–H groups in total. The van der Waals surface area contributed by atoms with Gasteiger partial charge in [-0.25, -0.2) is 0 Å². The normalized spacial score (nSPS) is 17.2. The number of nitrogens with zero attached hydrogens (tertiary/aromatic N) is 2. The second kappa shape index (κ2) is 7.25. The van der Waals surface area contributed by atoms with Gasteiger partial charge in [-0.15, -0.1) is 0 Å². The zero-order valence-electron chi connectivity index (χ0n) is 13.3. The molecule has 0 aliphatic carbocycles. The second-order valence-corrected chi connectivity index (χ2v) is 6.34. The number of carbonyl (C=O) groups excluding carboxylic acids is 2. The molecule has 0 bridgehead atoms. The largest absolute Gasteiger partial charge is 0.468 e. The highest BCUT2D eigenvalue weighted by molar-refractivity contribution is 6.31. The Labute approximate surface area is 154 Å². The van der Waals surface area contributed by atoms with Gasteiger partial charge in [-0.1, -0.05) is 41.4 Å². The maximum Gasteiger partial charge on any atom is 0.318 e.